The fourth-order valence-corrected chi connectivity index (χ4v) is 13.5. The van der Waals surface area contributed by atoms with E-state index in [1.807, 2.05) is 0 Å². The number of hydrogen-bond acceptors (Lipinski definition) is 2. The van der Waals surface area contributed by atoms with Gasteiger partial charge in [-0.25, -0.2) is 0 Å². The van der Waals surface area contributed by atoms with Crippen molar-refractivity contribution in [2.45, 2.75) is 130 Å². The first-order chi connectivity index (χ1) is 27.7. The number of hydrogen-bond donors (Lipinski definition) is 2. The maximum absolute atomic E-state index is 4.50. The van der Waals surface area contributed by atoms with Crippen LogP contribution in [-0.4, -0.2) is 14.1 Å². The van der Waals surface area contributed by atoms with Crippen molar-refractivity contribution in [1.29, 1.82) is 0 Å². The molecule has 4 aromatic carbocycles. The van der Waals surface area contributed by atoms with E-state index in [4.69, 9.17) is 0 Å². The molecule has 4 N–H and O–H groups in total. The Morgan fingerprint density at radius 1 is 0.526 bits per heavy atom. The van der Waals surface area contributed by atoms with Crippen molar-refractivity contribution in [3.8, 4) is 0 Å². The molecular formula is C55H78N2. The van der Waals surface area contributed by atoms with E-state index in [0.717, 1.165) is 54.3 Å². The summed E-state index contributed by atoms with van der Waals surface area (Å²) in [5.74, 6) is 6.28. The van der Waals surface area contributed by atoms with Gasteiger partial charge in [-0.2, -0.15) is 0 Å². The molecule has 0 aromatic heterocycles. The van der Waals surface area contributed by atoms with E-state index in [0.29, 0.717) is 10.8 Å². The molecule has 308 valence electrons. The molecule has 2 nitrogen and oxygen atoms in total. The first-order valence-corrected chi connectivity index (χ1v) is 23.1. The highest BCUT2D eigenvalue weighted by atomic mass is 14.7. The van der Waals surface area contributed by atoms with Crippen LogP contribution in [0.2, 0.25) is 0 Å². The molecule has 0 aliphatic heterocycles. The normalized spacial score (nSPS) is 29.1. The van der Waals surface area contributed by atoms with Gasteiger partial charge in [0.25, 0.3) is 0 Å². The topological polar surface area (TPSA) is 52.0 Å². The second kappa shape index (κ2) is 19.2. The Morgan fingerprint density at radius 2 is 1.04 bits per heavy atom. The smallest absolute Gasteiger partial charge is 0.0206 e. The predicted octanol–water partition coefficient (Wildman–Crippen LogP) is 13.4. The molecule has 8 unspecified atom stereocenters. The minimum absolute atomic E-state index is 0.0839. The van der Waals surface area contributed by atoms with Crippen LogP contribution < -0.4 is 11.5 Å². The monoisotopic (exact) mass is 767 g/mol. The first kappa shape index (κ1) is 43.4. The van der Waals surface area contributed by atoms with Gasteiger partial charge in [0, 0.05) is 5.41 Å². The molecule has 2 heteroatoms. The zero-order valence-corrected chi connectivity index (χ0v) is 37.0. The van der Waals surface area contributed by atoms with Gasteiger partial charge in [0.2, 0.25) is 0 Å². The predicted molar refractivity (Wildman–Crippen MR) is 245 cm³/mol. The number of nitrogens with two attached hydrogens (primary N) is 2. The van der Waals surface area contributed by atoms with Crippen molar-refractivity contribution in [2.24, 2.45) is 63.7 Å². The Kier molecular flexibility index (Phi) is 14.6. The van der Waals surface area contributed by atoms with Crippen LogP contribution in [-0.2, 0) is 18.3 Å². The molecular weight excluding hydrogens is 689 g/mol. The largest absolute Gasteiger partial charge is 0.333 e. The summed E-state index contributed by atoms with van der Waals surface area (Å²) in [6.45, 7) is 13.0. The number of rotatable bonds is 11. The lowest BCUT2D eigenvalue weighted by Gasteiger charge is -2.63. The lowest BCUT2D eigenvalue weighted by molar-refractivity contribution is -0.122. The van der Waals surface area contributed by atoms with Gasteiger partial charge < -0.3 is 11.5 Å². The maximum atomic E-state index is 4.50. The molecule has 4 aliphatic carbocycles. The van der Waals surface area contributed by atoms with Crippen LogP contribution in [0.25, 0.3) is 0 Å². The molecule has 4 aliphatic rings. The Morgan fingerprint density at radius 3 is 1.56 bits per heavy atom. The molecule has 8 atom stereocenters. The summed E-state index contributed by atoms with van der Waals surface area (Å²) < 4.78 is 0. The molecule has 0 radical (unpaired) electrons. The van der Waals surface area contributed by atoms with E-state index in [2.05, 4.69) is 155 Å². The average Bonchev–Trinajstić information content (AvgIpc) is 3.61. The molecule has 4 aromatic rings. The van der Waals surface area contributed by atoms with Crippen molar-refractivity contribution in [3.63, 3.8) is 0 Å². The molecule has 8 rings (SSSR count). The van der Waals surface area contributed by atoms with Crippen LogP contribution in [0, 0.1) is 52.3 Å². The van der Waals surface area contributed by atoms with E-state index in [-0.39, 0.29) is 5.41 Å². The molecule has 0 heterocycles. The molecule has 0 bridgehead atoms. The van der Waals surface area contributed by atoms with E-state index >= 15 is 0 Å². The average molecular weight is 767 g/mol. The zero-order valence-electron chi connectivity index (χ0n) is 37.0. The van der Waals surface area contributed by atoms with Crippen LogP contribution >= 0.6 is 0 Å². The summed E-state index contributed by atoms with van der Waals surface area (Å²) in [4.78, 5) is 0. The first-order valence-electron chi connectivity index (χ1n) is 23.1. The summed E-state index contributed by atoms with van der Waals surface area (Å²) in [6, 6.07) is 41.9. The summed E-state index contributed by atoms with van der Waals surface area (Å²) in [5, 5.41) is 0. The van der Waals surface area contributed by atoms with E-state index < -0.39 is 0 Å². The summed E-state index contributed by atoms with van der Waals surface area (Å²) in [5.41, 5.74) is 18.9. The van der Waals surface area contributed by atoms with Crippen LogP contribution in [0.4, 0.5) is 0 Å². The van der Waals surface area contributed by atoms with E-state index in [9.17, 15) is 0 Å². The van der Waals surface area contributed by atoms with Gasteiger partial charge in [-0.15, -0.1) is 0 Å². The molecule has 4 saturated carbocycles. The van der Waals surface area contributed by atoms with Gasteiger partial charge in [0.05, 0.1) is 0 Å². The minimum atomic E-state index is 0.0839. The molecule has 0 spiro atoms. The van der Waals surface area contributed by atoms with Crippen LogP contribution in [0.1, 0.15) is 145 Å². The van der Waals surface area contributed by atoms with Crippen molar-refractivity contribution in [1.82, 2.24) is 0 Å². The molecule has 57 heavy (non-hydrogen) atoms. The SMILES string of the molecule is CC(C)CCCC(C)C1CCC2C3CCC4CC(c5ccc(Cc6ccccc6)cc5)(c5ccc(Cc6ccccc6)cc5)CCC4(C)C3CCC12C.CN.CN. The zero-order chi connectivity index (χ0) is 40.6. The van der Waals surface area contributed by atoms with Gasteiger partial charge in [0.1, 0.15) is 0 Å². The Labute approximate surface area is 349 Å². The van der Waals surface area contributed by atoms with Gasteiger partial charge in [-0.3, -0.25) is 0 Å². The molecule has 4 fully saturated rings. The lowest BCUT2D eigenvalue weighted by atomic mass is 9.42. The summed E-state index contributed by atoms with van der Waals surface area (Å²) in [6.07, 6.45) is 19.1. The van der Waals surface area contributed by atoms with Gasteiger partial charge in [-0.1, -0.05) is 163 Å². The standard InChI is InChI=1S/C53H68.2CH5N/c1-38(2)13-12-14-39(3)48-29-30-49-47-28-27-46-37-53(34-33-51(46,4)50(47)31-32-52(48,49)5,44-23-19-42(20-24-44)35-40-15-8-6-9-16-40)45-25-21-43(22-26-45)36-41-17-10-7-11-18-41;2*1-2/h6-11,15-26,38-39,46-50H,12-14,27-37H2,1-5H3;2*2H2,1H3. The van der Waals surface area contributed by atoms with Crippen LogP contribution in [0.3, 0.4) is 0 Å². The van der Waals surface area contributed by atoms with Crippen molar-refractivity contribution >= 4 is 0 Å². The fraction of sp³-hybridized carbons (Fsp3) is 0.564. The van der Waals surface area contributed by atoms with Gasteiger partial charge in [0.15, 0.2) is 0 Å². The fourth-order valence-electron chi connectivity index (χ4n) is 13.5. The second-order valence-corrected chi connectivity index (χ2v) is 19.7. The van der Waals surface area contributed by atoms with Crippen LogP contribution in [0.15, 0.2) is 109 Å². The van der Waals surface area contributed by atoms with E-state index in [1.165, 1.54) is 113 Å². The summed E-state index contributed by atoms with van der Waals surface area (Å²) in [7, 11) is 3.00. The quantitative estimate of drug-likeness (QED) is 0.160. The number of fused-ring (bicyclic) bond motifs is 5. The number of benzene rings is 4. The van der Waals surface area contributed by atoms with Crippen molar-refractivity contribution in [3.05, 3.63) is 143 Å². The van der Waals surface area contributed by atoms with Gasteiger partial charge in [-0.05, 0) is 170 Å². The Bertz CT molecular complexity index is 1690. The second-order valence-electron chi connectivity index (χ2n) is 19.7. The lowest BCUT2D eigenvalue weighted by Crippen LogP contribution is -2.55. The van der Waals surface area contributed by atoms with Gasteiger partial charge >= 0.3 is 0 Å². The van der Waals surface area contributed by atoms with E-state index in [1.54, 1.807) is 11.1 Å². The maximum Gasteiger partial charge on any atom is 0.0206 e. The van der Waals surface area contributed by atoms with Crippen molar-refractivity contribution < 1.29 is 0 Å². The molecule has 0 saturated heterocycles. The third-order valence-electron chi connectivity index (χ3n) is 16.5. The summed E-state index contributed by atoms with van der Waals surface area (Å²) >= 11 is 0. The minimum Gasteiger partial charge on any atom is -0.333 e. The highest BCUT2D eigenvalue weighted by molar-refractivity contribution is 5.44. The molecule has 0 amide bonds. The third kappa shape index (κ3) is 9.04. The Balaban J connectivity index is 0.00000133. The van der Waals surface area contributed by atoms with Crippen LogP contribution in [0.5, 0.6) is 0 Å². The third-order valence-corrected chi connectivity index (χ3v) is 16.5. The van der Waals surface area contributed by atoms with Crippen molar-refractivity contribution in [2.75, 3.05) is 14.1 Å². The highest BCUT2D eigenvalue weighted by Gasteiger charge is 2.62. The highest BCUT2D eigenvalue weighted by Crippen LogP contribution is 2.70. The Hall–Kier alpha value is -3.20.